The van der Waals surface area contributed by atoms with Crippen molar-refractivity contribution in [3.63, 3.8) is 0 Å². The number of nitrogens with one attached hydrogen (secondary N) is 1. The number of benzene rings is 3. The third-order valence-electron chi connectivity index (χ3n) is 5.43. The van der Waals surface area contributed by atoms with Crippen LogP contribution in [0.25, 0.3) is 28.1 Å². The van der Waals surface area contributed by atoms with Crippen molar-refractivity contribution in [3.05, 3.63) is 103 Å². The van der Waals surface area contributed by atoms with Gasteiger partial charge in [0, 0.05) is 17.4 Å². The molecule has 0 aliphatic rings. The second-order valence-electron chi connectivity index (χ2n) is 8.27. The highest BCUT2D eigenvalue weighted by molar-refractivity contribution is 5.82. The van der Waals surface area contributed by atoms with Crippen molar-refractivity contribution in [2.75, 3.05) is 5.32 Å². The molecule has 0 spiro atoms. The molecule has 0 unspecified atom stereocenters. The van der Waals surface area contributed by atoms with Crippen LogP contribution in [0.1, 0.15) is 11.6 Å². The van der Waals surface area contributed by atoms with E-state index in [0.717, 1.165) is 45.4 Å². The van der Waals surface area contributed by atoms with E-state index < -0.39 is 12.1 Å². The summed E-state index contributed by atoms with van der Waals surface area (Å²) in [6.07, 6.45) is -3.30. The summed E-state index contributed by atoms with van der Waals surface area (Å²) in [5, 5.41) is 14.9. The number of hydrogen-bond donors (Lipinski definition) is 2. The number of halogens is 3. The van der Waals surface area contributed by atoms with Gasteiger partial charge in [0.05, 0.1) is 11.4 Å². The van der Waals surface area contributed by atoms with Gasteiger partial charge in [0.25, 0.3) is 0 Å². The summed E-state index contributed by atoms with van der Waals surface area (Å²) in [6.45, 7) is 3.83. The minimum absolute atomic E-state index is 0.547. The molecule has 0 saturated heterocycles. The van der Waals surface area contributed by atoms with Crippen LogP contribution >= 0.6 is 0 Å². The zero-order valence-electron chi connectivity index (χ0n) is 20.9. The van der Waals surface area contributed by atoms with E-state index in [1.165, 1.54) is 0 Å². The highest BCUT2D eigenvalue weighted by Crippen LogP contribution is 2.31. The van der Waals surface area contributed by atoms with Crippen molar-refractivity contribution < 1.29 is 23.1 Å². The molecule has 0 aliphatic heterocycles. The maximum atomic E-state index is 10.6. The van der Waals surface area contributed by atoms with Gasteiger partial charge in [0.2, 0.25) is 5.95 Å². The highest BCUT2D eigenvalue weighted by Gasteiger charge is 2.38. The smallest absolute Gasteiger partial charge is 0.475 e. The monoisotopic (exact) mass is 532 g/mol. The molecule has 0 bridgehead atoms. The van der Waals surface area contributed by atoms with Crippen LogP contribution in [0.15, 0.2) is 91.1 Å². The maximum Gasteiger partial charge on any atom is 0.490 e. The fraction of sp³-hybridized carbons (Fsp3) is 0.107. The van der Waals surface area contributed by atoms with Gasteiger partial charge in [-0.3, -0.25) is 0 Å². The second kappa shape index (κ2) is 11.5. The first-order valence-corrected chi connectivity index (χ1v) is 11.7. The van der Waals surface area contributed by atoms with Gasteiger partial charge in [-0.25, -0.2) is 24.4 Å². The van der Waals surface area contributed by atoms with Crippen LogP contribution < -0.4 is 5.32 Å². The zero-order chi connectivity index (χ0) is 28.0. The minimum Gasteiger partial charge on any atom is -0.475 e. The van der Waals surface area contributed by atoms with Crippen LogP contribution in [0, 0.1) is 13.8 Å². The summed E-state index contributed by atoms with van der Waals surface area (Å²) in [6, 6.07) is 28.5. The standard InChI is InChI=1S/C26H22N6.C2HF3O2/c1-18-28-19(2)32(31-18)22-14-12-21(13-15-22)29-26-27-17-16-25(30-26)24-11-7-6-10-23(24)20-8-4-3-5-9-20;3-2(4,5)1(6)7/h3-17H,1-2H3,(H,27,29,30);(H,6,7). The molecule has 5 aromatic rings. The fourth-order valence-corrected chi connectivity index (χ4v) is 3.73. The average Bonchev–Trinajstić information content (AvgIpc) is 3.27. The SMILES string of the molecule is Cc1nc(C)n(-c2ccc(Nc3nccc(-c4ccccc4-c4ccccc4)n3)cc2)n1.O=C(O)C(F)(F)F. The first-order valence-electron chi connectivity index (χ1n) is 11.7. The molecule has 0 radical (unpaired) electrons. The molecule has 0 fully saturated rings. The number of aromatic nitrogens is 5. The van der Waals surface area contributed by atoms with Crippen LogP contribution in [-0.2, 0) is 4.79 Å². The molecule has 3 aromatic carbocycles. The van der Waals surface area contributed by atoms with Gasteiger partial charge in [-0.05, 0) is 55.3 Å². The Hall–Kier alpha value is -5.06. The summed E-state index contributed by atoms with van der Waals surface area (Å²) in [4.78, 5) is 22.4. The molecule has 198 valence electrons. The lowest BCUT2D eigenvalue weighted by Gasteiger charge is -2.11. The van der Waals surface area contributed by atoms with Gasteiger partial charge in [-0.15, -0.1) is 0 Å². The quantitative estimate of drug-likeness (QED) is 0.270. The molecular formula is C28H23F3N6O2. The van der Waals surface area contributed by atoms with E-state index in [-0.39, 0.29) is 0 Å². The average molecular weight is 533 g/mol. The van der Waals surface area contributed by atoms with Crippen molar-refractivity contribution >= 4 is 17.6 Å². The van der Waals surface area contributed by atoms with E-state index in [0.29, 0.717) is 5.95 Å². The molecule has 2 N–H and O–H groups in total. The fourth-order valence-electron chi connectivity index (χ4n) is 3.73. The number of aryl methyl sites for hydroxylation is 2. The molecule has 0 atom stereocenters. The summed E-state index contributed by atoms with van der Waals surface area (Å²) in [5.74, 6) is -0.597. The molecule has 8 nitrogen and oxygen atoms in total. The van der Waals surface area contributed by atoms with E-state index in [4.69, 9.17) is 14.9 Å². The van der Waals surface area contributed by atoms with Crippen molar-refractivity contribution in [2.45, 2.75) is 20.0 Å². The molecule has 2 heterocycles. The Balaban J connectivity index is 0.000000448. The normalized spacial score (nSPS) is 10.9. The Labute approximate surface area is 221 Å². The van der Waals surface area contributed by atoms with Crippen LogP contribution in [0.4, 0.5) is 24.8 Å². The molecule has 39 heavy (non-hydrogen) atoms. The third kappa shape index (κ3) is 6.83. The van der Waals surface area contributed by atoms with Gasteiger partial charge < -0.3 is 10.4 Å². The van der Waals surface area contributed by atoms with Gasteiger partial charge in [-0.1, -0.05) is 54.6 Å². The van der Waals surface area contributed by atoms with Crippen LogP contribution in [-0.4, -0.2) is 42.0 Å². The van der Waals surface area contributed by atoms with E-state index >= 15 is 0 Å². The Morgan fingerprint density at radius 1 is 0.846 bits per heavy atom. The molecule has 0 aliphatic carbocycles. The van der Waals surface area contributed by atoms with Crippen molar-refractivity contribution in [3.8, 4) is 28.1 Å². The van der Waals surface area contributed by atoms with E-state index in [2.05, 4.69) is 44.6 Å². The van der Waals surface area contributed by atoms with Crippen molar-refractivity contribution in [1.82, 2.24) is 24.7 Å². The summed E-state index contributed by atoms with van der Waals surface area (Å²) in [7, 11) is 0. The number of alkyl halides is 3. The summed E-state index contributed by atoms with van der Waals surface area (Å²) in [5.41, 5.74) is 6.09. The highest BCUT2D eigenvalue weighted by atomic mass is 19.4. The van der Waals surface area contributed by atoms with E-state index in [1.54, 1.807) is 6.20 Å². The number of rotatable bonds is 5. The molecule has 11 heteroatoms. The van der Waals surface area contributed by atoms with Crippen LogP contribution in [0.3, 0.4) is 0 Å². The minimum atomic E-state index is -5.08. The third-order valence-corrected chi connectivity index (χ3v) is 5.43. The largest absolute Gasteiger partial charge is 0.490 e. The lowest BCUT2D eigenvalue weighted by Crippen LogP contribution is -2.21. The van der Waals surface area contributed by atoms with E-state index in [1.807, 2.05) is 79.2 Å². The predicted molar refractivity (Wildman–Crippen MR) is 141 cm³/mol. The van der Waals surface area contributed by atoms with Gasteiger partial charge in [0.15, 0.2) is 0 Å². The summed E-state index contributed by atoms with van der Waals surface area (Å²) >= 11 is 0. The Bertz CT molecular complexity index is 1570. The number of aliphatic carboxylic acids is 1. The van der Waals surface area contributed by atoms with Crippen LogP contribution in [0.2, 0.25) is 0 Å². The number of carboxylic acids is 1. The van der Waals surface area contributed by atoms with Crippen molar-refractivity contribution in [2.24, 2.45) is 0 Å². The topological polar surface area (TPSA) is 106 Å². The second-order valence-corrected chi connectivity index (χ2v) is 8.27. The maximum absolute atomic E-state index is 10.6. The first kappa shape index (κ1) is 27.0. The lowest BCUT2D eigenvalue weighted by atomic mass is 9.98. The molecular weight excluding hydrogens is 509 g/mol. The van der Waals surface area contributed by atoms with Crippen molar-refractivity contribution in [1.29, 1.82) is 0 Å². The molecule has 0 saturated carbocycles. The Morgan fingerprint density at radius 3 is 2.05 bits per heavy atom. The molecule has 2 aromatic heterocycles. The number of carbonyl (C=O) groups is 1. The lowest BCUT2D eigenvalue weighted by molar-refractivity contribution is -0.192. The predicted octanol–water partition coefficient (Wildman–Crippen LogP) is 6.39. The van der Waals surface area contributed by atoms with Gasteiger partial charge in [-0.2, -0.15) is 18.3 Å². The Morgan fingerprint density at radius 2 is 1.46 bits per heavy atom. The number of carboxylic acid groups (broad SMARTS) is 1. The molecule has 0 amide bonds. The first-order chi connectivity index (χ1) is 18.6. The molecule has 5 rings (SSSR count). The van der Waals surface area contributed by atoms with Gasteiger partial charge >= 0.3 is 12.1 Å². The van der Waals surface area contributed by atoms with E-state index in [9.17, 15) is 13.2 Å². The zero-order valence-corrected chi connectivity index (χ0v) is 20.9. The number of anilines is 2. The van der Waals surface area contributed by atoms with Crippen LogP contribution in [0.5, 0.6) is 0 Å². The summed E-state index contributed by atoms with van der Waals surface area (Å²) < 4.78 is 33.6. The number of hydrogen-bond acceptors (Lipinski definition) is 6. The Kier molecular flexibility index (Phi) is 7.99. The van der Waals surface area contributed by atoms with Gasteiger partial charge in [0.1, 0.15) is 11.6 Å². The number of nitrogens with zero attached hydrogens (tertiary/aromatic N) is 5.